The molecule has 1 unspecified atom stereocenters. The third-order valence-electron chi connectivity index (χ3n) is 3.94. The molecule has 0 aliphatic rings. The number of Topliss-reactive ketones (excluding diaryl/α,β-unsaturated/α-hetero) is 1. The van der Waals surface area contributed by atoms with E-state index in [2.05, 4.69) is 25.8 Å². The highest BCUT2D eigenvalue weighted by molar-refractivity contribution is 7.77. The van der Waals surface area contributed by atoms with Gasteiger partial charge in [0.1, 0.15) is 5.82 Å². The number of hydrogen-bond donors (Lipinski definition) is 0. The number of pyridine rings is 1. The summed E-state index contributed by atoms with van der Waals surface area (Å²) >= 11 is 5.38. The van der Waals surface area contributed by atoms with Gasteiger partial charge in [-0.3, -0.25) is 4.79 Å². The van der Waals surface area contributed by atoms with Crippen molar-refractivity contribution in [3.05, 3.63) is 65.7 Å². The van der Waals surface area contributed by atoms with Gasteiger partial charge in [-0.25, -0.2) is 4.39 Å². The van der Waals surface area contributed by atoms with Crippen molar-refractivity contribution in [3.63, 3.8) is 0 Å². The highest BCUT2D eigenvalue weighted by atomic mass is 32.1. The lowest BCUT2D eigenvalue weighted by Gasteiger charge is -2.21. The fraction of sp³-hybridized carbons (Fsp3) is 0.350. The van der Waals surface area contributed by atoms with Gasteiger partial charge in [0.15, 0.2) is 12.4 Å². The summed E-state index contributed by atoms with van der Waals surface area (Å²) in [4.78, 5) is 17.2. The number of aromatic nitrogens is 1. The van der Waals surface area contributed by atoms with Crippen LogP contribution < -0.4 is 4.57 Å². The van der Waals surface area contributed by atoms with Crippen molar-refractivity contribution in [2.45, 2.75) is 39.2 Å². The van der Waals surface area contributed by atoms with Crippen molar-refractivity contribution in [1.82, 2.24) is 0 Å². The maximum atomic E-state index is 13.1. The first kappa shape index (κ1) is 19.2. The summed E-state index contributed by atoms with van der Waals surface area (Å²) < 4.78 is 14.9. The number of rotatable bonds is 5. The third-order valence-corrected chi connectivity index (χ3v) is 4.29. The van der Waals surface area contributed by atoms with Crippen molar-refractivity contribution >= 4 is 23.5 Å². The Morgan fingerprint density at radius 2 is 1.72 bits per heavy atom. The van der Waals surface area contributed by atoms with E-state index in [0.29, 0.717) is 17.2 Å². The largest absolute Gasteiger partial charge is 0.758 e. The predicted molar refractivity (Wildman–Crippen MR) is 100 cm³/mol. The molecular formula is C20H23FN2OS. The average Bonchev–Trinajstić information content (AvgIpc) is 2.55. The quantitative estimate of drug-likeness (QED) is 0.268. The Morgan fingerprint density at radius 1 is 1.16 bits per heavy atom. The summed E-state index contributed by atoms with van der Waals surface area (Å²) in [6, 6.07) is 8.76. The second-order valence-corrected chi connectivity index (χ2v) is 7.29. The summed E-state index contributed by atoms with van der Waals surface area (Å²) in [6.07, 6.45) is 3.70. The zero-order valence-electron chi connectivity index (χ0n) is 15.0. The Labute approximate surface area is 154 Å². The van der Waals surface area contributed by atoms with Crippen LogP contribution in [0.3, 0.4) is 0 Å². The fourth-order valence-electron chi connectivity index (χ4n) is 2.50. The molecule has 0 saturated heterocycles. The molecule has 25 heavy (non-hydrogen) atoms. The number of carbonyl (C=O) groups excluding carboxylic acids is 1. The van der Waals surface area contributed by atoms with E-state index in [1.54, 1.807) is 4.57 Å². The van der Waals surface area contributed by atoms with Gasteiger partial charge >= 0.3 is 0 Å². The van der Waals surface area contributed by atoms with Crippen LogP contribution in [0.15, 0.2) is 53.8 Å². The number of benzene rings is 1. The Bertz CT molecular complexity index is 762. The van der Waals surface area contributed by atoms with Crippen LogP contribution in [0, 0.1) is 5.82 Å². The Kier molecular flexibility index (Phi) is 6.01. The molecule has 1 atom stereocenters. The molecule has 3 nitrogen and oxygen atoms in total. The van der Waals surface area contributed by atoms with E-state index in [1.165, 1.54) is 24.3 Å². The van der Waals surface area contributed by atoms with Gasteiger partial charge in [0.05, 0.1) is 0 Å². The number of halogens is 1. The van der Waals surface area contributed by atoms with Gasteiger partial charge in [-0.05, 0) is 47.2 Å². The summed E-state index contributed by atoms with van der Waals surface area (Å²) in [6.45, 7) is 8.77. The monoisotopic (exact) mass is 358 g/mol. The Balaban J connectivity index is 2.44. The van der Waals surface area contributed by atoms with E-state index in [1.807, 2.05) is 31.5 Å². The molecule has 0 saturated carbocycles. The van der Waals surface area contributed by atoms with Crippen molar-refractivity contribution in [1.29, 1.82) is 0 Å². The molecule has 2 aromatic rings. The van der Waals surface area contributed by atoms with E-state index >= 15 is 0 Å². The minimum Gasteiger partial charge on any atom is -0.758 e. The smallest absolute Gasteiger partial charge is 0.237 e. The van der Waals surface area contributed by atoms with Gasteiger partial charge in [0, 0.05) is 24.2 Å². The van der Waals surface area contributed by atoms with Gasteiger partial charge in [0.2, 0.25) is 11.8 Å². The topological polar surface area (TPSA) is 33.3 Å². The van der Waals surface area contributed by atoms with Crippen molar-refractivity contribution in [2.75, 3.05) is 6.54 Å². The summed E-state index contributed by atoms with van der Waals surface area (Å²) in [5.41, 5.74) is 1.59. The van der Waals surface area contributed by atoms with Crippen LogP contribution in [0.25, 0.3) is 0 Å². The highest BCUT2D eigenvalue weighted by Crippen LogP contribution is 2.21. The lowest BCUT2D eigenvalue weighted by Crippen LogP contribution is -2.48. The third kappa shape index (κ3) is 4.69. The van der Waals surface area contributed by atoms with Gasteiger partial charge in [0.25, 0.3) is 0 Å². The molecule has 1 heterocycles. The number of aliphatic imine (C=N–C) groups is 1. The van der Waals surface area contributed by atoms with E-state index in [0.717, 1.165) is 5.56 Å². The van der Waals surface area contributed by atoms with Crippen LogP contribution in [0.1, 0.15) is 49.7 Å². The number of hydrogen-bond acceptors (Lipinski definition) is 3. The van der Waals surface area contributed by atoms with Crippen LogP contribution in [0.4, 0.5) is 4.39 Å². The minimum absolute atomic E-state index is 0.0177. The predicted octanol–water partition coefficient (Wildman–Crippen LogP) is 3.80. The molecule has 1 aromatic heterocycles. The van der Waals surface area contributed by atoms with Crippen molar-refractivity contribution in [3.8, 4) is 0 Å². The number of nitrogens with zero attached hydrogens (tertiary/aromatic N) is 2. The van der Waals surface area contributed by atoms with Crippen LogP contribution >= 0.6 is 0 Å². The molecule has 0 amide bonds. The lowest BCUT2D eigenvalue weighted by atomic mass is 9.88. The maximum absolute atomic E-state index is 13.1. The Hall–Kier alpha value is -2.14. The van der Waals surface area contributed by atoms with E-state index in [-0.39, 0.29) is 17.0 Å². The molecule has 1 aromatic carbocycles. The molecule has 0 aliphatic carbocycles. The van der Waals surface area contributed by atoms with Gasteiger partial charge in [-0.1, -0.05) is 20.8 Å². The number of ketones is 1. The van der Waals surface area contributed by atoms with E-state index in [4.69, 9.17) is 12.6 Å². The van der Waals surface area contributed by atoms with Gasteiger partial charge in [-0.2, -0.15) is 4.57 Å². The second kappa shape index (κ2) is 7.83. The second-order valence-electron chi connectivity index (χ2n) is 6.87. The Morgan fingerprint density at radius 3 is 2.20 bits per heavy atom. The average molecular weight is 358 g/mol. The SMILES string of the molecule is CCN=C([S-])C(C(=O)c1ccc(F)cc1)[n+]1ccc(C(C)(C)C)cc1. The van der Waals surface area contributed by atoms with Gasteiger partial charge < -0.3 is 17.6 Å². The minimum atomic E-state index is -0.713. The van der Waals surface area contributed by atoms with Crippen LogP contribution in [-0.2, 0) is 18.0 Å². The standard InChI is InChI=1S/C20H23FN2OS/c1-5-22-19(25)17(18(24)14-6-8-16(21)9-7-14)23-12-10-15(11-13-23)20(2,3)4/h6-13,17H,5H2,1-4H3. The first-order valence-electron chi connectivity index (χ1n) is 8.26. The normalized spacial score (nSPS) is 13.6. The molecule has 132 valence electrons. The first-order valence-corrected chi connectivity index (χ1v) is 8.67. The summed E-state index contributed by atoms with van der Waals surface area (Å²) in [7, 11) is 0. The first-order chi connectivity index (χ1) is 11.7. The molecular weight excluding hydrogens is 335 g/mol. The highest BCUT2D eigenvalue weighted by Gasteiger charge is 2.28. The molecule has 0 N–H and O–H groups in total. The van der Waals surface area contributed by atoms with Crippen molar-refractivity contribution < 1.29 is 13.8 Å². The summed E-state index contributed by atoms with van der Waals surface area (Å²) in [5, 5.41) is 0.324. The van der Waals surface area contributed by atoms with E-state index < -0.39 is 6.04 Å². The molecule has 0 fully saturated rings. The van der Waals surface area contributed by atoms with Crippen LogP contribution in [0.2, 0.25) is 0 Å². The molecule has 5 heteroatoms. The summed E-state index contributed by atoms with van der Waals surface area (Å²) in [5.74, 6) is -0.577. The molecule has 0 radical (unpaired) electrons. The number of carbonyl (C=O) groups is 1. The molecule has 0 spiro atoms. The fourth-order valence-corrected chi connectivity index (χ4v) is 2.86. The van der Waals surface area contributed by atoms with Crippen LogP contribution in [-0.4, -0.2) is 17.4 Å². The maximum Gasteiger partial charge on any atom is 0.237 e. The van der Waals surface area contributed by atoms with Crippen molar-refractivity contribution in [2.24, 2.45) is 4.99 Å². The lowest BCUT2D eigenvalue weighted by molar-refractivity contribution is -0.692. The molecule has 2 rings (SSSR count). The van der Waals surface area contributed by atoms with Gasteiger partial charge in [-0.15, -0.1) is 0 Å². The van der Waals surface area contributed by atoms with E-state index in [9.17, 15) is 9.18 Å². The zero-order chi connectivity index (χ0) is 18.6. The van der Waals surface area contributed by atoms with Crippen LogP contribution in [0.5, 0.6) is 0 Å². The molecule has 0 bridgehead atoms. The molecule has 0 aliphatic heterocycles. The zero-order valence-corrected chi connectivity index (χ0v) is 15.8.